The van der Waals surface area contributed by atoms with Crippen molar-refractivity contribution in [3.05, 3.63) is 59.7 Å². The number of amides is 2. The van der Waals surface area contributed by atoms with Gasteiger partial charge in [-0.3, -0.25) is 4.79 Å². The number of carboxylic acids is 1. The summed E-state index contributed by atoms with van der Waals surface area (Å²) in [6, 6.07) is 15.0. The van der Waals surface area contributed by atoms with E-state index in [1.165, 1.54) is 12.0 Å². The van der Waals surface area contributed by atoms with Crippen molar-refractivity contribution in [3.8, 4) is 11.1 Å². The lowest BCUT2D eigenvalue weighted by Gasteiger charge is -2.33. The minimum absolute atomic E-state index is 0.0675. The molecule has 1 aliphatic carbocycles. The minimum Gasteiger partial charge on any atom is -0.479 e. The van der Waals surface area contributed by atoms with Crippen molar-refractivity contribution in [2.24, 2.45) is 0 Å². The first-order valence-electron chi connectivity index (χ1n) is 11.6. The molecule has 5 rings (SSSR count). The van der Waals surface area contributed by atoms with Crippen LogP contribution in [0.1, 0.15) is 42.7 Å². The molecule has 0 spiro atoms. The number of carboxylic acid groups (broad SMARTS) is 1. The highest BCUT2D eigenvalue weighted by Crippen LogP contribution is 2.47. The van der Waals surface area contributed by atoms with Crippen molar-refractivity contribution in [1.29, 1.82) is 0 Å². The third-order valence-electron chi connectivity index (χ3n) is 7.51. The number of carbonyl (C=O) groups excluding carboxylic acids is 2. The molecular weight excluding hydrogens is 436 g/mol. The number of ether oxygens (including phenoxy) is 2. The van der Waals surface area contributed by atoms with Crippen LogP contribution < -0.4 is 5.32 Å². The monoisotopic (exact) mass is 464 g/mol. The maximum atomic E-state index is 13.3. The molecule has 34 heavy (non-hydrogen) atoms. The van der Waals surface area contributed by atoms with Gasteiger partial charge in [-0.25, -0.2) is 9.59 Å². The van der Waals surface area contributed by atoms with Crippen LogP contribution in [0.4, 0.5) is 4.79 Å². The Labute approximate surface area is 197 Å². The Bertz CT molecular complexity index is 1080. The highest BCUT2D eigenvalue weighted by molar-refractivity contribution is 5.93. The summed E-state index contributed by atoms with van der Waals surface area (Å²) in [5, 5.41) is 12.5. The molecule has 3 aliphatic rings. The molecule has 0 saturated carbocycles. The zero-order valence-electron chi connectivity index (χ0n) is 19.0. The van der Waals surface area contributed by atoms with E-state index in [2.05, 4.69) is 17.4 Å². The van der Waals surface area contributed by atoms with Crippen molar-refractivity contribution < 1.29 is 29.0 Å². The molecule has 2 amide bonds. The van der Waals surface area contributed by atoms with Crippen molar-refractivity contribution in [3.63, 3.8) is 0 Å². The smallest absolute Gasteiger partial charge is 0.407 e. The lowest BCUT2D eigenvalue weighted by atomic mass is 9.88. The number of aliphatic carboxylic acids is 1. The van der Waals surface area contributed by atoms with Gasteiger partial charge in [0.05, 0.1) is 6.61 Å². The van der Waals surface area contributed by atoms with Crippen LogP contribution >= 0.6 is 0 Å². The van der Waals surface area contributed by atoms with Crippen LogP contribution in [0.15, 0.2) is 48.5 Å². The summed E-state index contributed by atoms with van der Waals surface area (Å²) in [6.45, 7) is 0.0566. The fourth-order valence-electron chi connectivity index (χ4n) is 5.93. The van der Waals surface area contributed by atoms with Crippen LogP contribution in [0.3, 0.4) is 0 Å². The number of benzene rings is 2. The third kappa shape index (κ3) is 3.53. The van der Waals surface area contributed by atoms with Crippen molar-refractivity contribution in [2.45, 2.75) is 49.2 Å². The topological polar surface area (TPSA) is 105 Å². The highest BCUT2D eigenvalue weighted by atomic mass is 16.5. The summed E-state index contributed by atoms with van der Waals surface area (Å²) >= 11 is 0. The molecule has 2 N–H and O–H groups in total. The van der Waals surface area contributed by atoms with Crippen LogP contribution in [0.25, 0.3) is 11.1 Å². The summed E-state index contributed by atoms with van der Waals surface area (Å²) in [7, 11) is 1.44. The molecule has 2 fully saturated rings. The van der Waals surface area contributed by atoms with E-state index in [4.69, 9.17) is 9.47 Å². The summed E-state index contributed by atoms with van der Waals surface area (Å²) in [5.74, 6) is -1.52. The first-order chi connectivity index (χ1) is 16.5. The van der Waals surface area contributed by atoms with E-state index >= 15 is 0 Å². The number of nitrogens with zero attached hydrogens (tertiary/aromatic N) is 1. The fraction of sp³-hybridized carbons (Fsp3) is 0.423. The van der Waals surface area contributed by atoms with Gasteiger partial charge in [-0.1, -0.05) is 48.5 Å². The molecule has 2 heterocycles. The number of fused-ring (bicyclic) bond motifs is 5. The molecule has 0 aromatic heterocycles. The Balaban J connectivity index is 1.28. The number of nitrogens with one attached hydrogen (secondary N) is 1. The molecular formula is C26H28N2O6. The maximum absolute atomic E-state index is 13.3. The van der Waals surface area contributed by atoms with Gasteiger partial charge < -0.3 is 24.8 Å². The molecule has 1 unspecified atom stereocenters. The highest BCUT2D eigenvalue weighted by Gasteiger charge is 2.59. The second kappa shape index (κ2) is 8.76. The fourth-order valence-corrected chi connectivity index (χ4v) is 5.93. The van der Waals surface area contributed by atoms with Crippen LogP contribution in [0.2, 0.25) is 0 Å². The van der Waals surface area contributed by atoms with E-state index in [1.807, 2.05) is 36.4 Å². The Kier molecular flexibility index (Phi) is 5.77. The Morgan fingerprint density at radius 3 is 2.21 bits per heavy atom. The molecule has 0 radical (unpaired) electrons. The van der Waals surface area contributed by atoms with E-state index < -0.39 is 29.6 Å². The van der Waals surface area contributed by atoms with Gasteiger partial charge in [0.2, 0.25) is 5.91 Å². The van der Waals surface area contributed by atoms with E-state index in [0.29, 0.717) is 25.7 Å². The maximum Gasteiger partial charge on any atom is 0.407 e. The second-order valence-corrected chi connectivity index (χ2v) is 9.25. The van der Waals surface area contributed by atoms with Crippen LogP contribution in [-0.4, -0.2) is 65.9 Å². The lowest BCUT2D eigenvalue weighted by Crippen LogP contribution is -2.58. The Morgan fingerprint density at radius 2 is 1.65 bits per heavy atom. The molecule has 8 heteroatoms. The van der Waals surface area contributed by atoms with E-state index in [0.717, 1.165) is 22.3 Å². The summed E-state index contributed by atoms with van der Waals surface area (Å²) in [6.07, 6.45) is 1.45. The predicted octanol–water partition coefficient (Wildman–Crippen LogP) is 3.15. The van der Waals surface area contributed by atoms with Gasteiger partial charge in [0.25, 0.3) is 0 Å². The Morgan fingerprint density at radius 1 is 1.06 bits per heavy atom. The molecule has 8 nitrogen and oxygen atoms in total. The lowest BCUT2D eigenvalue weighted by molar-refractivity contribution is -0.156. The normalized spacial score (nSPS) is 23.3. The predicted molar refractivity (Wildman–Crippen MR) is 123 cm³/mol. The molecule has 178 valence electrons. The van der Waals surface area contributed by atoms with Crippen LogP contribution in [0.5, 0.6) is 0 Å². The number of carbonyl (C=O) groups is 3. The second-order valence-electron chi connectivity index (χ2n) is 9.25. The number of methoxy groups -OCH3 is 1. The minimum atomic E-state index is -1.18. The zero-order chi connectivity index (χ0) is 23.9. The summed E-state index contributed by atoms with van der Waals surface area (Å²) < 4.78 is 10.8. The molecule has 2 bridgehead atoms. The number of rotatable bonds is 7. The summed E-state index contributed by atoms with van der Waals surface area (Å²) in [4.78, 5) is 39.6. The SMILES string of the molecule is COCC(NC(=O)OCC1c2ccccc2-c2ccccc21)C(=O)N1C2CCC1(C(=O)O)CC2. The van der Waals surface area contributed by atoms with E-state index in [9.17, 15) is 19.5 Å². The van der Waals surface area contributed by atoms with Gasteiger partial charge in [-0.15, -0.1) is 0 Å². The van der Waals surface area contributed by atoms with Crippen LogP contribution in [0, 0.1) is 0 Å². The quantitative estimate of drug-likeness (QED) is 0.652. The van der Waals surface area contributed by atoms with Gasteiger partial charge >= 0.3 is 12.1 Å². The van der Waals surface area contributed by atoms with E-state index in [-0.39, 0.29) is 25.2 Å². The van der Waals surface area contributed by atoms with Crippen molar-refractivity contribution >= 4 is 18.0 Å². The summed E-state index contributed by atoms with van der Waals surface area (Å²) in [5.41, 5.74) is 3.26. The average Bonchev–Trinajstić information content (AvgIpc) is 3.51. The van der Waals surface area contributed by atoms with Crippen LogP contribution in [-0.2, 0) is 19.1 Å². The molecule has 2 aliphatic heterocycles. The van der Waals surface area contributed by atoms with Crippen molar-refractivity contribution in [2.75, 3.05) is 20.3 Å². The first-order valence-corrected chi connectivity index (χ1v) is 11.6. The van der Waals surface area contributed by atoms with Crippen molar-refractivity contribution in [1.82, 2.24) is 10.2 Å². The molecule has 2 saturated heterocycles. The van der Waals surface area contributed by atoms with E-state index in [1.54, 1.807) is 0 Å². The van der Waals surface area contributed by atoms with Gasteiger partial charge in [-0.2, -0.15) is 0 Å². The van der Waals surface area contributed by atoms with Gasteiger partial charge in [0.15, 0.2) is 0 Å². The average molecular weight is 465 g/mol. The van der Waals surface area contributed by atoms with Gasteiger partial charge in [0, 0.05) is 19.1 Å². The standard InChI is InChI=1S/C26H28N2O6/c1-33-15-22(23(29)28-16-10-12-26(28,13-11-16)24(30)31)27-25(32)34-14-21-19-8-4-2-6-17(19)18-7-3-5-9-20(18)21/h2-9,16,21-22H,10-15H2,1H3,(H,27,32)(H,30,31). The Hall–Kier alpha value is -3.39. The molecule has 1 atom stereocenters. The number of hydrogen-bond acceptors (Lipinski definition) is 5. The number of hydrogen-bond donors (Lipinski definition) is 2. The number of alkyl carbamates (subject to hydrolysis) is 1. The third-order valence-corrected chi connectivity index (χ3v) is 7.51. The molecule has 2 aromatic rings. The molecule has 2 aromatic carbocycles. The van der Waals surface area contributed by atoms with Gasteiger partial charge in [0.1, 0.15) is 18.2 Å². The first kappa shape index (κ1) is 22.4. The zero-order valence-corrected chi connectivity index (χ0v) is 19.0. The largest absolute Gasteiger partial charge is 0.479 e. The van der Waals surface area contributed by atoms with Gasteiger partial charge in [-0.05, 0) is 47.9 Å².